The largest absolute Gasteiger partial charge is 2.00 e. The van der Waals surface area contributed by atoms with E-state index in [1.54, 1.807) is 0 Å². The van der Waals surface area contributed by atoms with E-state index in [-0.39, 0.29) is 38.5 Å². The SMILES string of the molecule is C[C-]=CCC1=C(C)C(F)(F)C(O)(O)C1(F)F.[CH3-].[U+2]. The molecule has 0 radical (unpaired) electrons. The molecule has 1 aliphatic rings. The number of rotatable bonds is 2. The summed E-state index contributed by atoms with van der Waals surface area (Å²) in [5.74, 6) is -13.1. The van der Waals surface area contributed by atoms with Gasteiger partial charge in [-0.3, -0.25) is 6.08 Å². The number of hydrogen-bond acceptors (Lipinski definition) is 2. The zero-order chi connectivity index (χ0) is 12.8. The molecule has 0 saturated heterocycles. The van der Waals surface area contributed by atoms with Crippen molar-refractivity contribution in [3.8, 4) is 0 Å². The zero-order valence-corrected chi connectivity index (χ0v) is 14.4. The van der Waals surface area contributed by atoms with Crippen molar-refractivity contribution in [1.82, 2.24) is 0 Å². The van der Waals surface area contributed by atoms with Crippen LogP contribution in [0.15, 0.2) is 17.2 Å². The van der Waals surface area contributed by atoms with Crippen LogP contribution in [0.5, 0.6) is 0 Å². The van der Waals surface area contributed by atoms with Gasteiger partial charge in [-0.15, -0.1) is 0 Å². The first-order valence-corrected chi connectivity index (χ1v) is 4.50. The smallest absolute Gasteiger partial charge is 0.503 e. The molecule has 2 N–H and O–H groups in total. The van der Waals surface area contributed by atoms with Gasteiger partial charge in [0.1, 0.15) is 0 Å². The minimum Gasteiger partial charge on any atom is -0.503 e. The fourth-order valence-electron chi connectivity index (χ4n) is 1.58. The Kier molecular flexibility index (Phi) is 6.92. The second-order valence-corrected chi connectivity index (χ2v) is 3.62. The summed E-state index contributed by atoms with van der Waals surface area (Å²) >= 11 is 0. The minimum atomic E-state index is -4.37. The molecule has 2 nitrogen and oxygen atoms in total. The second kappa shape index (κ2) is 6.08. The molecule has 0 aromatic carbocycles. The molecular weight excluding hydrogens is 478 g/mol. The normalized spacial score (nSPS) is 23.8. The third-order valence-corrected chi connectivity index (χ3v) is 2.69. The Morgan fingerprint density at radius 1 is 1.17 bits per heavy atom. The first kappa shape index (κ1) is 20.5. The van der Waals surface area contributed by atoms with Gasteiger partial charge in [-0.05, 0) is 13.3 Å². The fraction of sp³-hybridized carbons (Fsp3) is 0.545. The minimum absolute atomic E-state index is 0. The van der Waals surface area contributed by atoms with Gasteiger partial charge in [-0.25, -0.2) is 0 Å². The number of hydrogen-bond donors (Lipinski definition) is 2. The van der Waals surface area contributed by atoms with Crippen LogP contribution < -0.4 is 0 Å². The van der Waals surface area contributed by atoms with Crippen LogP contribution in [0.25, 0.3) is 0 Å². The summed E-state index contributed by atoms with van der Waals surface area (Å²) in [7, 11) is 0. The number of alkyl halides is 4. The molecule has 102 valence electrons. The van der Waals surface area contributed by atoms with Crippen LogP contribution in [0.4, 0.5) is 17.6 Å². The summed E-state index contributed by atoms with van der Waals surface area (Å²) in [6.07, 6.45) is 3.04. The average molecular weight is 492 g/mol. The van der Waals surface area contributed by atoms with Crippen molar-refractivity contribution in [3.05, 3.63) is 30.7 Å². The molecule has 0 amide bonds. The molecule has 0 atom stereocenters. The van der Waals surface area contributed by atoms with Crippen LogP contribution in [-0.4, -0.2) is 27.8 Å². The zero-order valence-electron chi connectivity index (χ0n) is 10.2. The van der Waals surface area contributed by atoms with Crippen molar-refractivity contribution < 1.29 is 58.9 Å². The van der Waals surface area contributed by atoms with E-state index in [1.807, 2.05) is 0 Å². The van der Waals surface area contributed by atoms with Crippen molar-refractivity contribution in [2.24, 2.45) is 0 Å². The van der Waals surface area contributed by atoms with E-state index in [1.165, 1.54) is 6.92 Å². The van der Waals surface area contributed by atoms with Crippen LogP contribution in [-0.2, 0) is 0 Å². The molecule has 7 heteroatoms. The van der Waals surface area contributed by atoms with Crippen molar-refractivity contribution in [2.45, 2.75) is 37.9 Å². The average Bonchev–Trinajstić information content (AvgIpc) is 2.23. The molecule has 0 bridgehead atoms. The van der Waals surface area contributed by atoms with Crippen LogP contribution >= 0.6 is 0 Å². The number of aliphatic hydroxyl groups is 2. The summed E-state index contributed by atoms with van der Waals surface area (Å²) < 4.78 is 53.2. The molecule has 0 saturated carbocycles. The van der Waals surface area contributed by atoms with Crippen molar-refractivity contribution in [3.63, 3.8) is 0 Å². The molecule has 0 spiro atoms. The van der Waals surface area contributed by atoms with Gasteiger partial charge in [-0.2, -0.15) is 24.5 Å². The van der Waals surface area contributed by atoms with E-state index < -0.39 is 35.2 Å². The van der Waals surface area contributed by atoms with Crippen molar-refractivity contribution in [1.29, 1.82) is 0 Å². The summed E-state index contributed by atoms with van der Waals surface area (Å²) in [6, 6.07) is 0. The molecular formula is C11H14F4O2U. The van der Waals surface area contributed by atoms with Gasteiger partial charge in [0.05, 0.1) is 0 Å². The Hall–Kier alpha value is 0.172. The topological polar surface area (TPSA) is 40.5 Å². The molecule has 0 aromatic rings. The van der Waals surface area contributed by atoms with Gasteiger partial charge in [0.2, 0.25) is 0 Å². The first-order valence-electron chi connectivity index (χ1n) is 4.50. The Bertz CT molecular complexity index is 362. The number of allylic oxidation sites excluding steroid dienone is 2. The molecule has 1 aliphatic carbocycles. The third-order valence-electron chi connectivity index (χ3n) is 2.69. The van der Waals surface area contributed by atoms with E-state index in [0.29, 0.717) is 0 Å². The van der Waals surface area contributed by atoms with Gasteiger partial charge in [-0.1, -0.05) is 0 Å². The van der Waals surface area contributed by atoms with Crippen LogP contribution in [0.3, 0.4) is 0 Å². The molecule has 1 rings (SSSR count). The Morgan fingerprint density at radius 2 is 1.61 bits per heavy atom. The Balaban J connectivity index is 0. The van der Waals surface area contributed by atoms with Crippen molar-refractivity contribution >= 4 is 0 Å². The summed E-state index contributed by atoms with van der Waals surface area (Å²) in [5, 5.41) is 17.7. The van der Waals surface area contributed by atoms with Crippen LogP contribution in [0.1, 0.15) is 20.3 Å². The number of halogens is 4. The molecule has 0 heterocycles. The van der Waals surface area contributed by atoms with E-state index in [2.05, 4.69) is 6.08 Å². The second-order valence-electron chi connectivity index (χ2n) is 3.62. The van der Waals surface area contributed by atoms with E-state index in [0.717, 1.165) is 13.0 Å². The fourth-order valence-corrected chi connectivity index (χ4v) is 1.58. The predicted molar refractivity (Wildman–Crippen MR) is 54.3 cm³/mol. The van der Waals surface area contributed by atoms with Gasteiger partial charge >= 0.3 is 48.7 Å². The molecule has 0 aliphatic heterocycles. The van der Waals surface area contributed by atoms with E-state index >= 15 is 0 Å². The van der Waals surface area contributed by atoms with E-state index in [4.69, 9.17) is 10.2 Å². The standard InChI is InChI=1S/C10H11F4O2.CH3.U/c1-3-4-5-7-6(2)8(11,12)10(15,16)9(7,13)14;;/h4,15-16H,5H2,1-2H3;1H3;/q2*-1;+2. The monoisotopic (exact) mass is 492 g/mol. The molecule has 0 aromatic heterocycles. The van der Waals surface area contributed by atoms with Gasteiger partial charge in [0.15, 0.2) is 0 Å². The third kappa shape index (κ3) is 2.55. The van der Waals surface area contributed by atoms with Crippen LogP contribution in [0, 0.1) is 44.6 Å². The maximum absolute atomic E-state index is 13.4. The maximum atomic E-state index is 13.4. The predicted octanol–water partition coefficient (Wildman–Crippen LogP) is 2.49. The summed E-state index contributed by atoms with van der Waals surface area (Å²) in [4.78, 5) is 0. The first-order chi connectivity index (χ1) is 7.10. The van der Waals surface area contributed by atoms with Gasteiger partial charge < -0.3 is 23.7 Å². The molecule has 0 unspecified atom stereocenters. The summed E-state index contributed by atoms with van der Waals surface area (Å²) in [6.45, 7) is 2.19. The summed E-state index contributed by atoms with van der Waals surface area (Å²) in [5.41, 5.74) is -1.98. The Labute approximate surface area is 127 Å². The molecule has 18 heavy (non-hydrogen) atoms. The van der Waals surface area contributed by atoms with Crippen LogP contribution in [0.2, 0.25) is 0 Å². The van der Waals surface area contributed by atoms with E-state index in [9.17, 15) is 17.6 Å². The van der Waals surface area contributed by atoms with Gasteiger partial charge in [0.25, 0.3) is 0 Å². The Morgan fingerprint density at radius 3 is 1.89 bits per heavy atom. The quantitative estimate of drug-likeness (QED) is 0.269. The van der Waals surface area contributed by atoms with Crippen molar-refractivity contribution in [2.75, 3.05) is 0 Å². The molecule has 0 fully saturated rings. The van der Waals surface area contributed by atoms with Gasteiger partial charge in [0, 0.05) is 11.1 Å². The maximum Gasteiger partial charge on any atom is 2.00 e.